The van der Waals surface area contributed by atoms with Gasteiger partial charge >= 0.3 is 6.18 Å². The summed E-state index contributed by atoms with van der Waals surface area (Å²) >= 11 is 0. The maximum Gasteiger partial charge on any atom is 0.427 e. The van der Waals surface area contributed by atoms with Crippen molar-refractivity contribution in [3.05, 3.63) is 83.2 Å². The van der Waals surface area contributed by atoms with E-state index in [1.54, 1.807) is 19.1 Å². The van der Waals surface area contributed by atoms with E-state index in [0.29, 0.717) is 11.6 Å². The van der Waals surface area contributed by atoms with E-state index in [1.807, 2.05) is 0 Å². The SMILES string of the molecule is Cc1ccc(S(=O)(=O)N2c3ccc(C(O)(C(C)(F)F)C(F)(F)F)cc3CCC2CC(=O)Nc2ccncc2CO)cc1. The van der Waals surface area contributed by atoms with Gasteiger partial charge < -0.3 is 15.5 Å². The van der Waals surface area contributed by atoms with Gasteiger partial charge in [-0.25, -0.2) is 17.2 Å². The third kappa shape index (κ3) is 5.70. The minimum atomic E-state index is -5.75. The number of halogens is 5. The van der Waals surface area contributed by atoms with Crippen LogP contribution in [-0.4, -0.2) is 47.7 Å². The fourth-order valence-electron chi connectivity index (χ4n) is 4.95. The molecule has 1 aliphatic rings. The van der Waals surface area contributed by atoms with E-state index in [9.17, 15) is 45.4 Å². The molecule has 0 spiro atoms. The van der Waals surface area contributed by atoms with E-state index < -0.39 is 51.8 Å². The number of aromatic nitrogens is 1. The number of hydrogen-bond donors (Lipinski definition) is 3. The molecule has 1 amide bonds. The number of anilines is 2. The monoisotopic (exact) mass is 613 g/mol. The number of alkyl halides is 5. The molecule has 8 nitrogen and oxygen atoms in total. The zero-order valence-corrected chi connectivity index (χ0v) is 23.3. The van der Waals surface area contributed by atoms with Crippen LogP contribution in [0.2, 0.25) is 0 Å². The van der Waals surface area contributed by atoms with Crippen LogP contribution in [0.3, 0.4) is 0 Å². The highest BCUT2D eigenvalue weighted by molar-refractivity contribution is 7.92. The number of nitrogens with one attached hydrogen (secondary N) is 1. The van der Waals surface area contributed by atoms with Gasteiger partial charge in [0, 0.05) is 37.0 Å². The largest absolute Gasteiger partial charge is 0.427 e. The number of aliphatic hydroxyl groups is 2. The molecular formula is C28H28F5N3O5S. The van der Waals surface area contributed by atoms with Gasteiger partial charge in [0.15, 0.2) is 0 Å². The Labute approximate surface area is 238 Å². The fourth-order valence-corrected chi connectivity index (χ4v) is 6.67. The fraction of sp³-hybridized carbons (Fsp3) is 0.357. The summed E-state index contributed by atoms with van der Waals surface area (Å²) < 4.78 is 98.5. The Kier molecular flexibility index (Phi) is 8.37. The van der Waals surface area contributed by atoms with Gasteiger partial charge in [-0.05, 0) is 55.2 Å². The molecule has 3 aromatic rings. The van der Waals surface area contributed by atoms with Gasteiger partial charge in [0.25, 0.3) is 15.9 Å². The zero-order chi connectivity index (χ0) is 31.1. The van der Waals surface area contributed by atoms with Crippen LogP contribution in [0.4, 0.5) is 33.3 Å². The number of aryl methyl sites for hydroxylation is 2. The molecule has 4 rings (SSSR count). The lowest BCUT2D eigenvalue weighted by Gasteiger charge is -2.40. The third-order valence-corrected chi connectivity index (χ3v) is 9.09. The Balaban J connectivity index is 1.79. The van der Waals surface area contributed by atoms with Crippen molar-refractivity contribution >= 4 is 27.3 Å². The lowest BCUT2D eigenvalue weighted by atomic mass is 9.84. The normalized spacial score (nSPS) is 17.4. The Hall–Kier alpha value is -3.62. The van der Waals surface area contributed by atoms with Crippen molar-refractivity contribution in [2.24, 2.45) is 0 Å². The van der Waals surface area contributed by atoms with Crippen LogP contribution in [0.25, 0.3) is 0 Å². The molecule has 1 aliphatic heterocycles. The summed E-state index contributed by atoms with van der Waals surface area (Å²) in [5.74, 6) is -5.23. The minimum Gasteiger partial charge on any atom is -0.392 e. The van der Waals surface area contributed by atoms with Gasteiger partial charge in [-0.15, -0.1) is 0 Å². The third-order valence-electron chi connectivity index (χ3n) is 7.21. The summed E-state index contributed by atoms with van der Waals surface area (Å²) in [4.78, 5) is 16.8. The molecule has 0 bridgehead atoms. The second-order valence-corrected chi connectivity index (χ2v) is 12.0. The molecule has 0 radical (unpaired) electrons. The lowest BCUT2D eigenvalue weighted by Crippen LogP contribution is -2.54. The van der Waals surface area contributed by atoms with Crippen LogP contribution in [-0.2, 0) is 33.4 Å². The molecule has 0 saturated carbocycles. The van der Waals surface area contributed by atoms with Crippen molar-refractivity contribution in [1.82, 2.24) is 4.98 Å². The van der Waals surface area contributed by atoms with Crippen molar-refractivity contribution < 1.29 is 45.4 Å². The molecule has 0 fully saturated rings. The molecule has 0 aliphatic carbocycles. The number of rotatable bonds is 8. The summed E-state index contributed by atoms with van der Waals surface area (Å²) in [5, 5.41) is 22.4. The first-order valence-corrected chi connectivity index (χ1v) is 14.2. The molecule has 2 heterocycles. The summed E-state index contributed by atoms with van der Waals surface area (Å²) in [6.07, 6.45) is -3.51. The second kappa shape index (κ2) is 11.2. The second-order valence-electron chi connectivity index (χ2n) is 10.2. The lowest BCUT2D eigenvalue weighted by molar-refractivity contribution is -0.335. The molecule has 226 valence electrons. The molecular weight excluding hydrogens is 585 g/mol. The van der Waals surface area contributed by atoms with Crippen molar-refractivity contribution in [3.63, 3.8) is 0 Å². The molecule has 3 N–H and O–H groups in total. The van der Waals surface area contributed by atoms with Crippen molar-refractivity contribution in [3.8, 4) is 0 Å². The highest BCUT2D eigenvalue weighted by atomic mass is 32.2. The van der Waals surface area contributed by atoms with Crippen LogP contribution in [0, 0.1) is 6.92 Å². The number of hydrogen-bond acceptors (Lipinski definition) is 6. The molecule has 42 heavy (non-hydrogen) atoms. The number of aliphatic hydroxyl groups excluding tert-OH is 1. The van der Waals surface area contributed by atoms with Crippen molar-refractivity contribution in [1.29, 1.82) is 0 Å². The molecule has 2 aromatic carbocycles. The Morgan fingerprint density at radius 3 is 2.36 bits per heavy atom. The van der Waals surface area contributed by atoms with Crippen LogP contribution in [0.5, 0.6) is 0 Å². The first kappa shape index (κ1) is 31.3. The average molecular weight is 614 g/mol. The van der Waals surface area contributed by atoms with Crippen LogP contribution in [0.1, 0.15) is 42.0 Å². The summed E-state index contributed by atoms with van der Waals surface area (Å²) in [6, 6.07) is 8.52. The summed E-state index contributed by atoms with van der Waals surface area (Å²) in [7, 11) is -4.41. The van der Waals surface area contributed by atoms with E-state index in [0.717, 1.165) is 22.0 Å². The smallest absolute Gasteiger partial charge is 0.392 e. The van der Waals surface area contributed by atoms with Gasteiger partial charge in [0.1, 0.15) is 0 Å². The van der Waals surface area contributed by atoms with E-state index in [1.165, 1.54) is 30.6 Å². The van der Waals surface area contributed by atoms with Gasteiger partial charge in [-0.3, -0.25) is 14.1 Å². The molecule has 1 aromatic heterocycles. The van der Waals surface area contributed by atoms with Gasteiger partial charge in [-0.2, -0.15) is 13.2 Å². The van der Waals surface area contributed by atoms with Gasteiger partial charge in [0.05, 0.1) is 23.2 Å². The average Bonchev–Trinajstić information content (AvgIpc) is 2.91. The maximum absolute atomic E-state index is 14.2. The number of benzene rings is 2. The van der Waals surface area contributed by atoms with Crippen LogP contribution in [0.15, 0.2) is 65.8 Å². The molecule has 0 saturated heterocycles. The first-order chi connectivity index (χ1) is 19.5. The van der Waals surface area contributed by atoms with E-state index in [2.05, 4.69) is 10.3 Å². The standard InChI is InChI=1S/C28H28F5N3O5S/c1-17-3-8-22(9-4-17)42(40,41)36-21(14-25(38)35-23-11-12-34-15-19(23)16-37)7-5-18-13-20(6-10-24(18)36)27(39,26(2,29)30)28(31,32)33/h3-4,6,8-13,15,21,37,39H,5,7,14,16H2,1-2H3,(H,34,35,38). The van der Waals surface area contributed by atoms with Gasteiger partial charge in [-0.1, -0.05) is 29.8 Å². The van der Waals surface area contributed by atoms with Crippen LogP contribution >= 0.6 is 0 Å². The summed E-state index contributed by atoms with van der Waals surface area (Å²) in [5.41, 5.74) is -4.45. The highest BCUT2D eigenvalue weighted by Crippen LogP contribution is 2.50. The summed E-state index contributed by atoms with van der Waals surface area (Å²) in [6.45, 7) is 1.28. The molecule has 2 atom stereocenters. The topological polar surface area (TPSA) is 120 Å². The zero-order valence-electron chi connectivity index (χ0n) is 22.5. The number of sulfonamides is 1. The minimum absolute atomic E-state index is 0.0246. The predicted molar refractivity (Wildman–Crippen MR) is 143 cm³/mol. The Morgan fingerprint density at radius 1 is 1.10 bits per heavy atom. The number of carbonyl (C=O) groups is 1. The first-order valence-electron chi connectivity index (χ1n) is 12.8. The number of carbonyl (C=O) groups excluding carboxylic acids is 1. The Morgan fingerprint density at radius 2 is 1.76 bits per heavy atom. The van der Waals surface area contributed by atoms with E-state index >= 15 is 0 Å². The quantitative estimate of drug-likeness (QED) is 0.314. The molecule has 14 heteroatoms. The van der Waals surface area contributed by atoms with Crippen LogP contribution < -0.4 is 9.62 Å². The predicted octanol–water partition coefficient (Wildman–Crippen LogP) is 4.83. The van der Waals surface area contributed by atoms with Gasteiger partial charge in [0.2, 0.25) is 11.5 Å². The highest BCUT2D eigenvalue weighted by Gasteiger charge is 2.67. The number of nitrogens with zero attached hydrogens (tertiary/aromatic N) is 2. The number of fused-ring (bicyclic) bond motifs is 1. The van der Waals surface area contributed by atoms with Crippen molar-refractivity contribution in [2.75, 3.05) is 9.62 Å². The van der Waals surface area contributed by atoms with E-state index in [-0.39, 0.29) is 48.0 Å². The Bertz CT molecular complexity index is 1560. The van der Waals surface area contributed by atoms with Crippen molar-refractivity contribution in [2.45, 2.75) is 68.4 Å². The number of amides is 1. The molecule has 2 unspecified atom stereocenters. The van der Waals surface area contributed by atoms with E-state index in [4.69, 9.17) is 0 Å². The number of pyridine rings is 1. The maximum atomic E-state index is 14.2.